The van der Waals surface area contributed by atoms with Gasteiger partial charge in [-0.2, -0.15) is 0 Å². The Labute approximate surface area is 195 Å². The highest BCUT2D eigenvalue weighted by atomic mass is 32.1. The first kappa shape index (κ1) is 21.7. The van der Waals surface area contributed by atoms with Crippen LogP contribution in [0.4, 0.5) is 9.18 Å². The zero-order valence-electron chi connectivity index (χ0n) is 18.1. The molecule has 1 aromatic heterocycles. The summed E-state index contributed by atoms with van der Waals surface area (Å²) >= 11 is 1.65. The number of hydrogen-bond donors (Lipinski definition) is 2. The molecular weight excluding hydrogens is 439 g/mol. The molecule has 8 heteroatoms. The summed E-state index contributed by atoms with van der Waals surface area (Å²) in [6, 6.07) is 16.1. The highest BCUT2D eigenvalue weighted by Gasteiger charge is 2.52. The number of benzene rings is 2. The number of urea groups is 1. The molecule has 2 aliphatic heterocycles. The summed E-state index contributed by atoms with van der Waals surface area (Å²) in [7, 11) is 0. The molecule has 3 amide bonds. The molecule has 3 heterocycles. The van der Waals surface area contributed by atoms with E-state index < -0.39 is 11.6 Å². The van der Waals surface area contributed by atoms with Crippen molar-refractivity contribution in [3.05, 3.63) is 76.4 Å². The maximum Gasteiger partial charge on any atom is 0.322 e. The van der Waals surface area contributed by atoms with Gasteiger partial charge in [-0.3, -0.25) is 15.0 Å². The molecule has 0 aliphatic carbocycles. The lowest BCUT2D eigenvalue weighted by Crippen LogP contribution is -2.57. The number of imide groups is 1. The molecule has 0 spiro atoms. The number of nitrogens with one attached hydrogen (secondary N) is 2. The SMILES string of the molecule is O=C1NC(=O)C(Cc2ccccc2F)(C2CCN(Cc3nc(-c4ccccc4)cs3)CC2)N1. The van der Waals surface area contributed by atoms with Gasteiger partial charge in [-0.25, -0.2) is 14.2 Å². The predicted octanol–water partition coefficient (Wildman–Crippen LogP) is 3.98. The minimum absolute atomic E-state index is 0.0732. The van der Waals surface area contributed by atoms with Gasteiger partial charge in [0.05, 0.1) is 12.2 Å². The Bertz CT molecular complexity index is 1160. The van der Waals surface area contributed by atoms with Crippen LogP contribution < -0.4 is 10.6 Å². The van der Waals surface area contributed by atoms with Crippen molar-refractivity contribution in [2.45, 2.75) is 31.3 Å². The van der Waals surface area contributed by atoms with Crippen molar-refractivity contribution in [3.63, 3.8) is 0 Å². The highest BCUT2D eigenvalue weighted by molar-refractivity contribution is 7.09. The molecule has 0 bridgehead atoms. The number of thiazole rings is 1. The molecule has 3 aromatic rings. The molecule has 5 rings (SSSR count). The van der Waals surface area contributed by atoms with Crippen molar-refractivity contribution in [2.75, 3.05) is 13.1 Å². The second-order valence-electron chi connectivity index (χ2n) is 8.69. The van der Waals surface area contributed by atoms with Gasteiger partial charge >= 0.3 is 6.03 Å². The number of carbonyl (C=O) groups excluding carboxylic acids is 2. The molecule has 0 saturated carbocycles. The molecule has 1 unspecified atom stereocenters. The lowest BCUT2D eigenvalue weighted by molar-refractivity contribution is -0.126. The van der Waals surface area contributed by atoms with Crippen LogP contribution in [0.5, 0.6) is 0 Å². The van der Waals surface area contributed by atoms with Gasteiger partial charge in [0, 0.05) is 17.4 Å². The van der Waals surface area contributed by atoms with E-state index in [1.807, 2.05) is 18.2 Å². The van der Waals surface area contributed by atoms with Crippen molar-refractivity contribution in [2.24, 2.45) is 5.92 Å². The topological polar surface area (TPSA) is 74.3 Å². The van der Waals surface area contributed by atoms with Crippen LogP contribution in [0.2, 0.25) is 0 Å². The lowest BCUT2D eigenvalue weighted by atomic mass is 9.74. The number of hydrogen-bond acceptors (Lipinski definition) is 5. The van der Waals surface area contributed by atoms with E-state index in [-0.39, 0.29) is 24.1 Å². The molecule has 2 fully saturated rings. The van der Waals surface area contributed by atoms with E-state index in [4.69, 9.17) is 4.98 Å². The summed E-state index contributed by atoms with van der Waals surface area (Å²) in [5.41, 5.74) is 1.41. The average Bonchev–Trinajstić information content (AvgIpc) is 3.40. The number of carbonyl (C=O) groups is 2. The van der Waals surface area contributed by atoms with Crippen molar-refractivity contribution < 1.29 is 14.0 Å². The zero-order valence-corrected chi connectivity index (χ0v) is 18.9. The minimum Gasteiger partial charge on any atom is -0.323 e. The van der Waals surface area contributed by atoms with Gasteiger partial charge in [0.2, 0.25) is 0 Å². The van der Waals surface area contributed by atoms with Crippen LogP contribution in [-0.4, -0.2) is 40.5 Å². The average molecular weight is 465 g/mol. The maximum atomic E-state index is 14.4. The Kier molecular flexibility index (Phi) is 5.95. The number of nitrogens with zero attached hydrogens (tertiary/aromatic N) is 2. The first-order chi connectivity index (χ1) is 16.0. The number of likely N-dealkylation sites (tertiary alicyclic amines) is 1. The fraction of sp³-hybridized carbons (Fsp3) is 0.320. The molecule has 2 saturated heterocycles. The second kappa shape index (κ2) is 9.03. The Morgan fingerprint density at radius 3 is 2.48 bits per heavy atom. The smallest absolute Gasteiger partial charge is 0.322 e. The number of piperidine rings is 1. The summed E-state index contributed by atoms with van der Waals surface area (Å²) in [6.45, 7) is 2.32. The van der Waals surface area contributed by atoms with Gasteiger partial charge in [0.15, 0.2) is 0 Å². The van der Waals surface area contributed by atoms with Gasteiger partial charge in [-0.15, -0.1) is 11.3 Å². The number of halogens is 1. The van der Waals surface area contributed by atoms with Crippen molar-refractivity contribution in [1.82, 2.24) is 20.5 Å². The minimum atomic E-state index is -1.12. The second-order valence-corrected chi connectivity index (χ2v) is 9.63. The van der Waals surface area contributed by atoms with Gasteiger partial charge in [-0.05, 0) is 43.5 Å². The molecule has 170 valence electrons. The van der Waals surface area contributed by atoms with Gasteiger partial charge in [0.1, 0.15) is 16.4 Å². The third-order valence-corrected chi connectivity index (χ3v) is 7.49. The Hall–Kier alpha value is -3.10. The first-order valence-electron chi connectivity index (χ1n) is 11.1. The third-order valence-electron chi connectivity index (χ3n) is 6.66. The van der Waals surface area contributed by atoms with E-state index in [9.17, 15) is 14.0 Å². The predicted molar refractivity (Wildman–Crippen MR) is 125 cm³/mol. The molecule has 2 aromatic carbocycles. The lowest BCUT2D eigenvalue weighted by Gasteiger charge is -2.40. The van der Waals surface area contributed by atoms with E-state index in [2.05, 4.69) is 33.0 Å². The van der Waals surface area contributed by atoms with Crippen LogP contribution in [-0.2, 0) is 17.8 Å². The standard InChI is InChI=1S/C25H25FN4O2S/c26-20-9-5-4-8-18(20)14-25(23(31)28-24(32)29-25)19-10-12-30(13-11-19)15-22-27-21(16-33-22)17-6-2-1-3-7-17/h1-9,16,19H,10-15H2,(H2,28,29,31,32). The normalized spacial score (nSPS) is 21.7. The van der Waals surface area contributed by atoms with E-state index in [0.717, 1.165) is 48.7 Å². The number of amides is 3. The van der Waals surface area contributed by atoms with E-state index in [0.29, 0.717) is 5.56 Å². The molecular formula is C25H25FN4O2S. The van der Waals surface area contributed by atoms with Crippen molar-refractivity contribution in [3.8, 4) is 11.3 Å². The van der Waals surface area contributed by atoms with Crippen molar-refractivity contribution in [1.29, 1.82) is 0 Å². The van der Waals surface area contributed by atoms with Crippen LogP contribution in [0.3, 0.4) is 0 Å². The number of rotatable bonds is 6. The highest BCUT2D eigenvalue weighted by Crippen LogP contribution is 2.35. The van der Waals surface area contributed by atoms with Crippen molar-refractivity contribution >= 4 is 23.3 Å². The van der Waals surface area contributed by atoms with Crippen LogP contribution in [0.15, 0.2) is 60.0 Å². The molecule has 2 aliphatic rings. The molecule has 1 atom stereocenters. The zero-order chi connectivity index (χ0) is 22.8. The quantitative estimate of drug-likeness (QED) is 0.541. The first-order valence-corrected chi connectivity index (χ1v) is 12.0. The van der Waals surface area contributed by atoms with Crippen LogP contribution >= 0.6 is 11.3 Å². The summed E-state index contributed by atoms with van der Waals surface area (Å²) in [5.74, 6) is -0.793. The molecule has 33 heavy (non-hydrogen) atoms. The number of aromatic nitrogens is 1. The monoisotopic (exact) mass is 464 g/mol. The van der Waals surface area contributed by atoms with Gasteiger partial charge in [-0.1, -0.05) is 48.5 Å². The summed E-state index contributed by atoms with van der Waals surface area (Å²) in [4.78, 5) is 32.1. The van der Waals surface area contributed by atoms with Crippen LogP contribution in [0.1, 0.15) is 23.4 Å². The fourth-order valence-electron chi connectivity index (χ4n) is 4.90. The van der Waals surface area contributed by atoms with Crippen LogP contribution in [0.25, 0.3) is 11.3 Å². The molecule has 2 N–H and O–H groups in total. The third kappa shape index (κ3) is 4.41. The van der Waals surface area contributed by atoms with E-state index >= 15 is 0 Å². The van der Waals surface area contributed by atoms with E-state index in [1.54, 1.807) is 29.5 Å². The fourth-order valence-corrected chi connectivity index (χ4v) is 5.75. The Balaban J connectivity index is 1.27. The largest absolute Gasteiger partial charge is 0.323 e. The summed E-state index contributed by atoms with van der Waals surface area (Å²) in [6.07, 6.45) is 1.62. The van der Waals surface area contributed by atoms with Gasteiger partial charge < -0.3 is 5.32 Å². The summed E-state index contributed by atoms with van der Waals surface area (Å²) in [5, 5.41) is 8.37. The summed E-state index contributed by atoms with van der Waals surface area (Å²) < 4.78 is 14.4. The molecule has 6 nitrogen and oxygen atoms in total. The maximum absolute atomic E-state index is 14.4. The Morgan fingerprint density at radius 2 is 1.79 bits per heavy atom. The Morgan fingerprint density at radius 1 is 1.06 bits per heavy atom. The molecule has 0 radical (unpaired) electrons. The van der Waals surface area contributed by atoms with E-state index in [1.165, 1.54) is 6.07 Å². The van der Waals surface area contributed by atoms with Crippen LogP contribution in [0, 0.1) is 11.7 Å². The van der Waals surface area contributed by atoms with Gasteiger partial charge in [0.25, 0.3) is 5.91 Å².